The molecule has 3 aromatic carbocycles. The van der Waals surface area contributed by atoms with Crippen LogP contribution in [0.5, 0.6) is 5.75 Å². The lowest BCUT2D eigenvalue weighted by molar-refractivity contribution is -0.131. The van der Waals surface area contributed by atoms with Crippen molar-refractivity contribution in [3.8, 4) is 17.1 Å². The van der Waals surface area contributed by atoms with Gasteiger partial charge >= 0.3 is 5.97 Å². The lowest BCUT2D eigenvalue weighted by atomic mass is 10.1. The summed E-state index contributed by atoms with van der Waals surface area (Å²) in [5, 5.41) is 18.8. The molecule has 36 heavy (non-hydrogen) atoms. The Bertz CT molecular complexity index is 1580. The molecule has 0 fully saturated rings. The molecule has 0 spiro atoms. The van der Waals surface area contributed by atoms with Gasteiger partial charge in [0.1, 0.15) is 10.7 Å². The molecule has 0 amide bonds. The van der Waals surface area contributed by atoms with Gasteiger partial charge in [-0.15, -0.1) is 5.10 Å². The number of benzene rings is 3. The van der Waals surface area contributed by atoms with Gasteiger partial charge in [0.15, 0.2) is 5.82 Å². The zero-order valence-corrected chi connectivity index (χ0v) is 20.8. The molecule has 2 aromatic heterocycles. The van der Waals surface area contributed by atoms with E-state index < -0.39 is 5.97 Å². The number of aromatic nitrogens is 4. The number of para-hydroxylation sites is 1. The van der Waals surface area contributed by atoms with Crippen LogP contribution in [0.4, 0.5) is 0 Å². The largest absolute Gasteiger partial charge is 0.496 e. The van der Waals surface area contributed by atoms with Crippen LogP contribution in [-0.4, -0.2) is 37.9 Å². The number of nitrogens with zero attached hydrogens (tertiary/aromatic N) is 3. The van der Waals surface area contributed by atoms with E-state index in [2.05, 4.69) is 31.9 Å². The third kappa shape index (κ3) is 5.00. The van der Waals surface area contributed by atoms with Crippen molar-refractivity contribution < 1.29 is 14.6 Å². The predicted octanol–water partition coefficient (Wildman–Crippen LogP) is 6.35. The zero-order valence-electron chi connectivity index (χ0n) is 19.2. The highest BCUT2D eigenvalue weighted by atomic mass is 35.5. The fraction of sp³-hybridized carbons (Fsp3) is 0.0741. The molecule has 0 unspecified atom stereocenters. The molecule has 0 saturated carbocycles. The summed E-state index contributed by atoms with van der Waals surface area (Å²) < 4.78 is 7.51. The van der Waals surface area contributed by atoms with E-state index in [9.17, 15) is 9.90 Å². The smallest absolute Gasteiger partial charge is 0.342 e. The molecule has 7 nitrogen and oxygen atoms in total. The van der Waals surface area contributed by atoms with Crippen LogP contribution in [0.15, 0.2) is 89.1 Å². The van der Waals surface area contributed by atoms with Gasteiger partial charge in [-0.05, 0) is 47.7 Å². The zero-order chi connectivity index (χ0) is 25.1. The van der Waals surface area contributed by atoms with E-state index >= 15 is 0 Å². The molecule has 2 N–H and O–H groups in total. The molecule has 2 heterocycles. The number of carbonyl (C=O) groups is 1. The molecule has 9 heteroatoms. The number of carboxylic acids is 1. The Morgan fingerprint density at radius 1 is 1.14 bits per heavy atom. The second-order valence-corrected chi connectivity index (χ2v) is 9.39. The SMILES string of the molecule is COc1ccc(Cl)cc1-c1nc(S/C(=C\c2cn(Cc3ccccc3)c3ccccc23)C(=O)O)n[nH]1. The number of hydrogen-bond donors (Lipinski definition) is 2. The molecule has 0 bridgehead atoms. The first kappa shape index (κ1) is 23.7. The number of fused-ring (bicyclic) bond motifs is 1. The van der Waals surface area contributed by atoms with E-state index in [1.165, 1.54) is 0 Å². The van der Waals surface area contributed by atoms with E-state index in [0.29, 0.717) is 28.7 Å². The summed E-state index contributed by atoms with van der Waals surface area (Å²) in [5.74, 6) is -0.0556. The average Bonchev–Trinajstić information content (AvgIpc) is 3.49. The van der Waals surface area contributed by atoms with Gasteiger partial charge in [-0.1, -0.05) is 60.1 Å². The van der Waals surface area contributed by atoms with Gasteiger partial charge in [0.2, 0.25) is 5.16 Å². The van der Waals surface area contributed by atoms with E-state index in [1.807, 2.05) is 48.7 Å². The van der Waals surface area contributed by atoms with E-state index in [1.54, 1.807) is 31.4 Å². The normalized spacial score (nSPS) is 11.7. The van der Waals surface area contributed by atoms with Crippen molar-refractivity contribution in [1.29, 1.82) is 0 Å². The molecule has 5 aromatic rings. The molecule has 0 aliphatic carbocycles. The summed E-state index contributed by atoms with van der Waals surface area (Å²) in [4.78, 5) is 16.7. The van der Waals surface area contributed by atoms with Crippen LogP contribution >= 0.6 is 23.4 Å². The third-order valence-electron chi connectivity index (χ3n) is 5.60. The Morgan fingerprint density at radius 3 is 2.69 bits per heavy atom. The summed E-state index contributed by atoms with van der Waals surface area (Å²) in [7, 11) is 1.55. The number of H-pyrrole nitrogens is 1. The van der Waals surface area contributed by atoms with Crippen molar-refractivity contribution >= 4 is 46.3 Å². The summed E-state index contributed by atoms with van der Waals surface area (Å²) in [6, 6.07) is 23.2. The summed E-state index contributed by atoms with van der Waals surface area (Å²) in [6.07, 6.45) is 3.63. The maximum atomic E-state index is 12.2. The van der Waals surface area contributed by atoms with E-state index in [0.717, 1.165) is 33.8 Å². The number of carboxylic acid groups (broad SMARTS) is 1. The topological polar surface area (TPSA) is 93.0 Å². The Hall–Kier alpha value is -4.01. The molecule has 0 radical (unpaired) electrons. The average molecular weight is 517 g/mol. The number of rotatable bonds is 8. The minimum atomic E-state index is -1.06. The lowest BCUT2D eigenvalue weighted by Crippen LogP contribution is -1.98. The highest BCUT2D eigenvalue weighted by molar-refractivity contribution is 8.04. The lowest BCUT2D eigenvalue weighted by Gasteiger charge is -2.05. The van der Waals surface area contributed by atoms with Gasteiger partial charge in [-0.2, -0.15) is 0 Å². The van der Waals surface area contributed by atoms with E-state index in [4.69, 9.17) is 16.3 Å². The van der Waals surface area contributed by atoms with Gasteiger partial charge in [0.05, 0.1) is 12.7 Å². The van der Waals surface area contributed by atoms with Gasteiger partial charge in [-0.25, -0.2) is 9.78 Å². The van der Waals surface area contributed by atoms with Crippen LogP contribution in [0.1, 0.15) is 11.1 Å². The van der Waals surface area contributed by atoms with Crippen molar-refractivity contribution in [1.82, 2.24) is 19.7 Å². The Balaban J connectivity index is 1.48. The Morgan fingerprint density at radius 2 is 1.92 bits per heavy atom. The number of methoxy groups -OCH3 is 1. The van der Waals surface area contributed by atoms with Crippen molar-refractivity contribution in [3.05, 3.63) is 100 Å². The maximum absolute atomic E-state index is 12.2. The number of aliphatic carboxylic acids is 1. The summed E-state index contributed by atoms with van der Waals surface area (Å²) >= 11 is 7.11. The van der Waals surface area contributed by atoms with Crippen LogP contribution in [0, 0.1) is 0 Å². The van der Waals surface area contributed by atoms with Gasteiger partial charge in [-0.3, -0.25) is 5.10 Å². The fourth-order valence-electron chi connectivity index (χ4n) is 3.95. The van der Waals surface area contributed by atoms with Crippen molar-refractivity contribution in [3.63, 3.8) is 0 Å². The standard InChI is InChI=1S/C27H21ClN4O3S/c1-35-23-12-11-19(28)14-21(23)25-29-27(31-30-25)36-24(26(33)34)13-18-16-32(15-17-7-3-2-4-8-17)22-10-6-5-9-20(18)22/h2-14,16H,15H2,1H3,(H,33,34)(H,29,30,31)/b24-13-. The third-order valence-corrected chi connectivity index (χ3v) is 6.71. The minimum Gasteiger partial charge on any atom is -0.496 e. The maximum Gasteiger partial charge on any atom is 0.342 e. The Labute approximate surface area is 216 Å². The molecule has 180 valence electrons. The summed E-state index contributed by atoms with van der Waals surface area (Å²) in [6.45, 7) is 0.677. The number of hydrogen-bond acceptors (Lipinski definition) is 5. The van der Waals surface area contributed by atoms with Crippen molar-refractivity contribution in [2.24, 2.45) is 0 Å². The molecular weight excluding hydrogens is 496 g/mol. The van der Waals surface area contributed by atoms with Gasteiger partial charge in [0.25, 0.3) is 0 Å². The number of halogens is 1. The van der Waals surface area contributed by atoms with E-state index in [-0.39, 0.29) is 10.1 Å². The number of ether oxygens (including phenoxy) is 1. The fourth-order valence-corrected chi connectivity index (χ4v) is 4.82. The molecule has 5 rings (SSSR count). The van der Waals surface area contributed by atoms with Crippen molar-refractivity contribution in [2.75, 3.05) is 7.11 Å². The minimum absolute atomic E-state index is 0.0984. The molecule has 0 aliphatic rings. The first-order valence-electron chi connectivity index (χ1n) is 11.0. The number of aromatic amines is 1. The molecule has 0 atom stereocenters. The molecule has 0 saturated heterocycles. The van der Waals surface area contributed by atoms with Crippen LogP contribution < -0.4 is 4.74 Å². The van der Waals surface area contributed by atoms with Gasteiger partial charge < -0.3 is 14.4 Å². The highest BCUT2D eigenvalue weighted by Gasteiger charge is 2.18. The second kappa shape index (κ2) is 10.3. The van der Waals surface area contributed by atoms with Crippen LogP contribution in [0.2, 0.25) is 5.02 Å². The first-order chi connectivity index (χ1) is 17.5. The van der Waals surface area contributed by atoms with Gasteiger partial charge in [0, 0.05) is 34.2 Å². The molecule has 0 aliphatic heterocycles. The van der Waals surface area contributed by atoms with Crippen molar-refractivity contribution in [2.45, 2.75) is 11.7 Å². The Kier molecular flexibility index (Phi) is 6.79. The number of nitrogens with one attached hydrogen (secondary N) is 1. The molecular formula is C27H21ClN4O3S. The van der Waals surface area contributed by atoms with Crippen LogP contribution in [-0.2, 0) is 11.3 Å². The van der Waals surface area contributed by atoms with Crippen LogP contribution in [0.25, 0.3) is 28.4 Å². The number of thioether (sulfide) groups is 1. The highest BCUT2D eigenvalue weighted by Crippen LogP contribution is 2.34. The first-order valence-corrected chi connectivity index (χ1v) is 12.2. The van der Waals surface area contributed by atoms with Crippen LogP contribution in [0.3, 0.4) is 0 Å². The predicted molar refractivity (Wildman–Crippen MR) is 142 cm³/mol. The second-order valence-electron chi connectivity index (χ2n) is 7.94. The quantitative estimate of drug-likeness (QED) is 0.184. The monoisotopic (exact) mass is 516 g/mol. The summed E-state index contributed by atoms with van der Waals surface area (Å²) in [5.41, 5.74) is 3.62.